The van der Waals surface area contributed by atoms with E-state index in [-0.39, 0.29) is 13.0 Å². The predicted octanol–water partition coefficient (Wildman–Crippen LogP) is 3.11. The molecule has 3 nitrogen and oxygen atoms in total. The van der Waals surface area contributed by atoms with Gasteiger partial charge in [0, 0.05) is 19.5 Å². The fourth-order valence-electron chi connectivity index (χ4n) is 1.96. The highest BCUT2D eigenvalue weighted by Gasteiger charge is 2.37. The molecule has 0 aliphatic rings. The highest BCUT2D eigenvalue weighted by molar-refractivity contribution is 5.14. The second kappa shape index (κ2) is 8.65. The molecule has 1 rings (SSSR count). The first-order chi connectivity index (χ1) is 9.93. The third kappa shape index (κ3) is 7.11. The molecule has 116 valence electrons. The van der Waals surface area contributed by atoms with E-state index < -0.39 is 12.3 Å². The SMILES string of the molecule is N#CCCCN(CCC(O)C(F)(F)F)Cc1ccccc1. The Bertz CT molecular complexity index is 442. The maximum Gasteiger partial charge on any atom is 0.414 e. The van der Waals surface area contributed by atoms with Crippen molar-refractivity contribution in [3.63, 3.8) is 0 Å². The zero-order valence-corrected chi connectivity index (χ0v) is 11.7. The van der Waals surface area contributed by atoms with E-state index in [4.69, 9.17) is 10.4 Å². The summed E-state index contributed by atoms with van der Waals surface area (Å²) in [5, 5.41) is 17.6. The number of hydrogen-bond donors (Lipinski definition) is 1. The Balaban J connectivity index is 2.54. The van der Waals surface area contributed by atoms with Gasteiger partial charge in [0.15, 0.2) is 6.10 Å². The van der Waals surface area contributed by atoms with Crippen LogP contribution >= 0.6 is 0 Å². The molecule has 0 heterocycles. The summed E-state index contributed by atoms with van der Waals surface area (Å²) in [6.07, 6.45) is -6.27. The molecule has 0 bridgehead atoms. The molecule has 1 aromatic carbocycles. The van der Waals surface area contributed by atoms with Gasteiger partial charge in [0.25, 0.3) is 0 Å². The molecule has 6 heteroatoms. The Morgan fingerprint density at radius 2 is 1.86 bits per heavy atom. The van der Waals surface area contributed by atoms with Gasteiger partial charge in [-0.15, -0.1) is 0 Å². The summed E-state index contributed by atoms with van der Waals surface area (Å²) in [4.78, 5) is 1.83. The van der Waals surface area contributed by atoms with Crippen LogP contribution in [0.3, 0.4) is 0 Å². The topological polar surface area (TPSA) is 47.3 Å². The van der Waals surface area contributed by atoms with Crippen LogP contribution in [0.4, 0.5) is 13.2 Å². The van der Waals surface area contributed by atoms with E-state index in [0.29, 0.717) is 25.9 Å². The lowest BCUT2D eigenvalue weighted by atomic mass is 10.1. The summed E-state index contributed by atoms with van der Waals surface area (Å²) in [7, 11) is 0. The highest BCUT2D eigenvalue weighted by Crippen LogP contribution is 2.22. The normalized spacial score (nSPS) is 13.1. The molecule has 1 atom stereocenters. The number of benzene rings is 1. The number of hydrogen-bond acceptors (Lipinski definition) is 3. The van der Waals surface area contributed by atoms with Crippen LogP contribution in [-0.4, -0.2) is 35.4 Å². The van der Waals surface area contributed by atoms with E-state index in [1.807, 2.05) is 41.3 Å². The van der Waals surface area contributed by atoms with E-state index in [0.717, 1.165) is 5.56 Å². The molecule has 0 aliphatic carbocycles. The molecule has 1 unspecified atom stereocenters. The summed E-state index contributed by atoms with van der Waals surface area (Å²) >= 11 is 0. The van der Waals surface area contributed by atoms with E-state index >= 15 is 0 Å². The van der Waals surface area contributed by atoms with Gasteiger partial charge in [-0.3, -0.25) is 4.90 Å². The molecule has 0 fully saturated rings. The van der Waals surface area contributed by atoms with Gasteiger partial charge in [0.05, 0.1) is 6.07 Å². The van der Waals surface area contributed by atoms with Gasteiger partial charge in [-0.05, 0) is 24.9 Å². The summed E-state index contributed by atoms with van der Waals surface area (Å²) < 4.78 is 37.0. The molecule has 0 saturated heterocycles. The minimum atomic E-state index is -4.58. The first-order valence-corrected chi connectivity index (χ1v) is 6.81. The quantitative estimate of drug-likeness (QED) is 0.750. The molecular weight excluding hydrogens is 281 g/mol. The van der Waals surface area contributed by atoms with Crippen molar-refractivity contribution < 1.29 is 18.3 Å². The first kappa shape index (κ1) is 17.5. The van der Waals surface area contributed by atoms with Crippen molar-refractivity contribution in [3.8, 4) is 6.07 Å². The molecule has 0 spiro atoms. The van der Waals surface area contributed by atoms with Crippen LogP contribution in [0.2, 0.25) is 0 Å². The highest BCUT2D eigenvalue weighted by atomic mass is 19.4. The number of unbranched alkanes of at least 4 members (excludes halogenated alkanes) is 1. The zero-order chi connectivity index (χ0) is 15.7. The number of rotatable bonds is 8. The van der Waals surface area contributed by atoms with Crippen molar-refractivity contribution in [2.24, 2.45) is 0 Å². The fraction of sp³-hybridized carbons (Fsp3) is 0.533. The number of aliphatic hydroxyl groups excluding tert-OH is 1. The van der Waals surface area contributed by atoms with E-state index in [1.54, 1.807) is 0 Å². The van der Waals surface area contributed by atoms with Crippen LogP contribution in [0.15, 0.2) is 30.3 Å². The zero-order valence-electron chi connectivity index (χ0n) is 11.7. The lowest BCUT2D eigenvalue weighted by Gasteiger charge is -2.24. The van der Waals surface area contributed by atoms with Crippen molar-refractivity contribution in [2.75, 3.05) is 13.1 Å². The maximum absolute atomic E-state index is 12.3. The molecule has 0 aliphatic heterocycles. The minimum Gasteiger partial charge on any atom is -0.384 e. The number of nitrogens with zero attached hydrogens (tertiary/aromatic N) is 2. The Morgan fingerprint density at radius 1 is 1.19 bits per heavy atom. The number of aliphatic hydroxyl groups is 1. The van der Waals surface area contributed by atoms with Gasteiger partial charge in [0.1, 0.15) is 0 Å². The van der Waals surface area contributed by atoms with Gasteiger partial charge >= 0.3 is 6.18 Å². The standard InChI is InChI=1S/C15H19F3N2O/c16-15(17,18)14(21)8-11-20(10-5-4-9-19)12-13-6-2-1-3-7-13/h1-3,6-7,14,21H,4-5,8,10-12H2. The van der Waals surface area contributed by atoms with Crippen molar-refractivity contribution in [2.45, 2.75) is 38.1 Å². The second-order valence-electron chi connectivity index (χ2n) is 4.87. The molecule has 0 aromatic heterocycles. The molecular formula is C15H19F3N2O. The van der Waals surface area contributed by atoms with Crippen LogP contribution in [0.1, 0.15) is 24.8 Å². The van der Waals surface area contributed by atoms with Crippen molar-refractivity contribution in [3.05, 3.63) is 35.9 Å². The lowest BCUT2D eigenvalue weighted by molar-refractivity contribution is -0.206. The molecule has 1 N–H and O–H groups in total. The van der Waals surface area contributed by atoms with Crippen molar-refractivity contribution in [1.82, 2.24) is 4.90 Å². The monoisotopic (exact) mass is 300 g/mol. The second-order valence-corrected chi connectivity index (χ2v) is 4.87. The Hall–Kier alpha value is -1.58. The van der Waals surface area contributed by atoms with Crippen LogP contribution in [0.5, 0.6) is 0 Å². The van der Waals surface area contributed by atoms with Gasteiger partial charge < -0.3 is 5.11 Å². The van der Waals surface area contributed by atoms with E-state index in [2.05, 4.69) is 0 Å². The minimum absolute atomic E-state index is 0.140. The number of halogens is 3. The van der Waals surface area contributed by atoms with Gasteiger partial charge in [0.2, 0.25) is 0 Å². The third-order valence-corrected chi connectivity index (χ3v) is 3.11. The van der Waals surface area contributed by atoms with Crippen LogP contribution in [-0.2, 0) is 6.54 Å². The Labute approximate surface area is 122 Å². The van der Waals surface area contributed by atoms with Crippen molar-refractivity contribution in [1.29, 1.82) is 5.26 Å². The third-order valence-electron chi connectivity index (χ3n) is 3.11. The molecule has 0 radical (unpaired) electrons. The van der Waals surface area contributed by atoms with E-state index in [1.165, 1.54) is 0 Å². The summed E-state index contributed by atoms with van der Waals surface area (Å²) in [6, 6.07) is 11.4. The molecule has 21 heavy (non-hydrogen) atoms. The summed E-state index contributed by atoms with van der Waals surface area (Å²) in [5.41, 5.74) is 0.996. The van der Waals surface area contributed by atoms with Crippen LogP contribution < -0.4 is 0 Å². The fourth-order valence-corrected chi connectivity index (χ4v) is 1.96. The smallest absolute Gasteiger partial charge is 0.384 e. The van der Waals surface area contributed by atoms with Crippen molar-refractivity contribution >= 4 is 0 Å². The number of alkyl halides is 3. The summed E-state index contributed by atoms with van der Waals surface area (Å²) in [6.45, 7) is 1.19. The van der Waals surface area contributed by atoms with Gasteiger partial charge in [-0.2, -0.15) is 18.4 Å². The number of nitriles is 1. The lowest BCUT2D eigenvalue weighted by Crippen LogP contribution is -2.34. The van der Waals surface area contributed by atoms with Crippen LogP contribution in [0, 0.1) is 11.3 Å². The molecule has 1 aromatic rings. The van der Waals surface area contributed by atoms with Gasteiger partial charge in [-0.25, -0.2) is 0 Å². The summed E-state index contributed by atoms with van der Waals surface area (Å²) in [5.74, 6) is 0. The average Bonchev–Trinajstić information content (AvgIpc) is 2.44. The largest absolute Gasteiger partial charge is 0.414 e. The average molecular weight is 300 g/mol. The Morgan fingerprint density at radius 3 is 2.43 bits per heavy atom. The van der Waals surface area contributed by atoms with E-state index in [9.17, 15) is 13.2 Å². The molecule has 0 amide bonds. The molecule has 0 saturated carbocycles. The first-order valence-electron chi connectivity index (χ1n) is 6.81. The Kier molecular flexibility index (Phi) is 7.20. The predicted molar refractivity (Wildman–Crippen MR) is 73.2 cm³/mol. The van der Waals surface area contributed by atoms with Crippen LogP contribution in [0.25, 0.3) is 0 Å². The maximum atomic E-state index is 12.3. The van der Waals surface area contributed by atoms with Gasteiger partial charge in [-0.1, -0.05) is 30.3 Å².